The van der Waals surface area contributed by atoms with Gasteiger partial charge < -0.3 is 20.7 Å². The summed E-state index contributed by atoms with van der Waals surface area (Å²) in [5.41, 5.74) is -0.452. The summed E-state index contributed by atoms with van der Waals surface area (Å²) in [4.78, 5) is 33.7. The van der Waals surface area contributed by atoms with E-state index in [0.29, 0.717) is 25.9 Å². The van der Waals surface area contributed by atoms with E-state index >= 15 is 0 Å². The number of nitrogens with one attached hydrogen (secondary N) is 3. The zero-order chi connectivity index (χ0) is 19.8. The monoisotopic (exact) mass is 365 g/mol. The van der Waals surface area contributed by atoms with Gasteiger partial charge in [0.2, 0.25) is 17.7 Å². The van der Waals surface area contributed by atoms with E-state index in [4.69, 9.17) is 4.74 Å². The van der Waals surface area contributed by atoms with Crippen LogP contribution in [0.1, 0.15) is 39.0 Å². The van der Waals surface area contributed by atoms with Crippen molar-refractivity contribution in [1.82, 2.24) is 16.0 Å². The van der Waals surface area contributed by atoms with E-state index in [9.17, 15) is 14.4 Å². The van der Waals surface area contributed by atoms with Crippen LogP contribution in [0, 0.1) is 0 Å². The normalized spacial score (nSPS) is 10.5. The van der Waals surface area contributed by atoms with E-state index in [2.05, 4.69) is 35.7 Å². The third kappa shape index (κ3) is 10.5. The van der Waals surface area contributed by atoms with Crippen molar-refractivity contribution >= 4 is 17.7 Å². The minimum absolute atomic E-state index is 0.0801. The van der Waals surface area contributed by atoms with E-state index in [-0.39, 0.29) is 24.5 Å². The number of carbonyl (C=O) groups is 3. The van der Waals surface area contributed by atoms with Gasteiger partial charge >= 0.3 is 0 Å². The lowest BCUT2D eigenvalue weighted by Gasteiger charge is -2.33. The third-order valence-electron chi connectivity index (χ3n) is 4.04. The molecule has 0 aliphatic carbocycles. The van der Waals surface area contributed by atoms with Gasteiger partial charge in [-0.25, -0.2) is 0 Å². The first kappa shape index (κ1) is 23.6. The van der Waals surface area contributed by atoms with Crippen LogP contribution in [0.15, 0.2) is 38.0 Å². The van der Waals surface area contributed by atoms with Crippen molar-refractivity contribution in [2.24, 2.45) is 0 Å². The molecule has 3 N–H and O–H groups in total. The molecule has 0 atom stereocenters. The number of amides is 3. The van der Waals surface area contributed by atoms with Crippen molar-refractivity contribution < 1.29 is 19.1 Å². The van der Waals surface area contributed by atoms with Gasteiger partial charge in [-0.05, 0) is 50.3 Å². The van der Waals surface area contributed by atoms with Crippen LogP contribution in [0.3, 0.4) is 0 Å². The summed E-state index contributed by atoms with van der Waals surface area (Å²) in [6.45, 7) is 13.4. The van der Waals surface area contributed by atoms with Crippen LogP contribution < -0.4 is 16.0 Å². The lowest BCUT2D eigenvalue weighted by molar-refractivity contribution is -0.123. The maximum Gasteiger partial charge on any atom is 0.245 e. The summed E-state index contributed by atoms with van der Waals surface area (Å²) in [5.74, 6) is -0.719. The van der Waals surface area contributed by atoms with E-state index < -0.39 is 5.60 Å². The van der Waals surface area contributed by atoms with Crippen LogP contribution in [-0.4, -0.2) is 43.1 Å². The highest BCUT2D eigenvalue weighted by Gasteiger charge is 2.28. The van der Waals surface area contributed by atoms with Gasteiger partial charge in [0, 0.05) is 13.1 Å². The summed E-state index contributed by atoms with van der Waals surface area (Å²) < 4.78 is 5.97. The fraction of sp³-hybridized carbons (Fsp3) is 0.526. The molecule has 7 heteroatoms. The molecular weight excluding hydrogens is 334 g/mol. The SMILES string of the molecule is C=CC(=O)NCCCC(CC)(CCCNC(=O)C=C)OCNC(=O)C=C. The molecule has 0 unspecified atom stereocenters. The fourth-order valence-electron chi connectivity index (χ4n) is 2.45. The summed E-state index contributed by atoms with van der Waals surface area (Å²) in [5, 5.41) is 8.09. The van der Waals surface area contributed by atoms with Crippen molar-refractivity contribution in [3.05, 3.63) is 38.0 Å². The molecule has 0 radical (unpaired) electrons. The minimum Gasteiger partial charge on any atom is -0.355 e. The highest BCUT2D eigenvalue weighted by atomic mass is 16.5. The molecule has 0 fully saturated rings. The lowest BCUT2D eigenvalue weighted by atomic mass is 9.89. The molecule has 0 saturated carbocycles. The van der Waals surface area contributed by atoms with E-state index in [0.717, 1.165) is 19.3 Å². The molecule has 0 aromatic carbocycles. The van der Waals surface area contributed by atoms with Crippen molar-refractivity contribution in [3.8, 4) is 0 Å². The standard InChI is InChI=1S/C19H31N3O4/c1-5-16(23)20-13-9-11-19(8-4,26-15-22-18(25)7-3)12-10-14-21-17(24)6-2/h5-7H,1-3,8-15H2,4H3,(H,20,23)(H,21,24)(H,22,25). The average molecular weight is 365 g/mol. The molecule has 0 aliphatic rings. The molecule has 26 heavy (non-hydrogen) atoms. The van der Waals surface area contributed by atoms with Gasteiger partial charge in [0.15, 0.2) is 0 Å². The number of hydrogen-bond acceptors (Lipinski definition) is 4. The van der Waals surface area contributed by atoms with Gasteiger partial charge in [-0.3, -0.25) is 14.4 Å². The first-order valence-corrected chi connectivity index (χ1v) is 8.77. The van der Waals surface area contributed by atoms with Crippen molar-refractivity contribution in [2.75, 3.05) is 19.8 Å². The number of hydrogen-bond donors (Lipinski definition) is 3. The topological polar surface area (TPSA) is 96.5 Å². The number of carbonyl (C=O) groups excluding carboxylic acids is 3. The van der Waals surface area contributed by atoms with Gasteiger partial charge in [-0.2, -0.15) is 0 Å². The predicted octanol–water partition coefficient (Wildman–Crippen LogP) is 1.58. The van der Waals surface area contributed by atoms with Crippen molar-refractivity contribution in [1.29, 1.82) is 0 Å². The van der Waals surface area contributed by atoms with E-state index in [1.54, 1.807) is 0 Å². The van der Waals surface area contributed by atoms with Gasteiger partial charge in [0.1, 0.15) is 6.73 Å². The zero-order valence-corrected chi connectivity index (χ0v) is 15.6. The Balaban J connectivity index is 4.62. The van der Waals surface area contributed by atoms with Crippen LogP contribution in [0.25, 0.3) is 0 Å². The molecule has 7 nitrogen and oxygen atoms in total. The first-order chi connectivity index (χ1) is 12.4. The van der Waals surface area contributed by atoms with Crippen LogP contribution in [0.2, 0.25) is 0 Å². The van der Waals surface area contributed by atoms with E-state index in [1.807, 2.05) is 6.92 Å². The minimum atomic E-state index is -0.452. The molecule has 0 heterocycles. The summed E-state index contributed by atoms with van der Waals surface area (Å²) in [6, 6.07) is 0. The number of ether oxygens (including phenoxy) is 1. The molecule has 146 valence electrons. The number of rotatable bonds is 15. The molecule has 0 aromatic rings. The van der Waals surface area contributed by atoms with Gasteiger partial charge in [0.25, 0.3) is 0 Å². The molecule has 0 spiro atoms. The summed E-state index contributed by atoms with van der Waals surface area (Å²) >= 11 is 0. The van der Waals surface area contributed by atoms with Crippen molar-refractivity contribution in [2.45, 2.75) is 44.6 Å². The molecule has 0 rings (SSSR count). The van der Waals surface area contributed by atoms with Crippen LogP contribution in [-0.2, 0) is 19.1 Å². The first-order valence-electron chi connectivity index (χ1n) is 8.77. The fourth-order valence-corrected chi connectivity index (χ4v) is 2.45. The summed E-state index contributed by atoms with van der Waals surface area (Å²) in [6.07, 6.45) is 7.26. The van der Waals surface area contributed by atoms with Gasteiger partial charge in [0.05, 0.1) is 5.60 Å². The largest absolute Gasteiger partial charge is 0.355 e. The Hall–Kier alpha value is -2.41. The quantitative estimate of drug-likeness (QED) is 0.233. The highest BCUT2D eigenvalue weighted by molar-refractivity contribution is 5.87. The Morgan fingerprint density at radius 2 is 1.27 bits per heavy atom. The average Bonchev–Trinajstić information content (AvgIpc) is 2.67. The van der Waals surface area contributed by atoms with Gasteiger partial charge in [-0.1, -0.05) is 26.7 Å². The Morgan fingerprint density at radius 3 is 1.65 bits per heavy atom. The third-order valence-corrected chi connectivity index (χ3v) is 4.04. The van der Waals surface area contributed by atoms with Crippen LogP contribution in [0.4, 0.5) is 0 Å². The van der Waals surface area contributed by atoms with Gasteiger partial charge in [-0.15, -0.1) is 0 Å². The van der Waals surface area contributed by atoms with E-state index in [1.165, 1.54) is 18.2 Å². The zero-order valence-electron chi connectivity index (χ0n) is 15.6. The smallest absolute Gasteiger partial charge is 0.245 e. The second kappa shape index (κ2) is 13.8. The maximum atomic E-state index is 11.3. The molecule has 0 bridgehead atoms. The maximum absolute atomic E-state index is 11.3. The Kier molecular flexibility index (Phi) is 12.6. The Bertz CT molecular complexity index is 475. The second-order valence-corrected chi connectivity index (χ2v) is 5.77. The highest BCUT2D eigenvalue weighted by Crippen LogP contribution is 2.27. The van der Waals surface area contributed by atoms with Crippen molar-refractivity contribution in [3.63, 3.8) is 0 Å². The predicted molar refractivity (Wildman–Crippen MR) is 102 cm³/mol. The second-order valence-electron chi connectivity index (χ2n) is 5.77. The molecule has 0 aromatic heterocycles. The van der Waals surface area contributed by atoms with Crippen LogP contribution in [0.5, 0.6) is 0 Å². The molecular formula is C19H31N3O4. The summed E-state index contributed by atoms with van der Waals surface area (Å²) in [7, 11) is 0. The molecule has 0 saturated heterocycles. The Morgan fingerprint density at radius 1 is 0.846 bits per heavy atom. The lowest BCUT2D eigenvalue weighted by Crippen LogP contribution is -2.39. The van der Waals surface area contributed by atoms with Crippen LogP contribution >= 0.6 is 0 Å². The molecule has 3 amide bonds. The molecule has 0 aliphatic heterocycles. The Labute approximate surface area is 155 Å².